The normalized spacial score (nSPS) is 12.6. The Morgan fingerprint density at radius 3 is 2.62 bits per heavy atom. The van der Waals surface area contributed by atoms with Gasteiger partial charge in [-0.1, -0.05) is 50.1 Å². The van der Waals surface area contributed by atoms with Gasteiger partial charge in [-0.3, -0.25) is 0 Å². The minimum Gasteiger partial charge on any atom is -0.393 e. The molecule has 2 heteroatoms. The molecular weight excluding hydrogens is 200 g/mol. The van der Waals surface area contributed by atoms with Gasteiger partial charge in [-0.2, -0.15) is 0 Å². The van der Waals surface area contributed by atoms with E-state index in [1.807, 2.05) is 30.3 Å². The van der Waals surface area contributed by atoms with Crippen molar-refractivity contribution in [3.05, 3.63) is 35.9 Å². The topological polar surface area (TPSA) is 29.5 Å². The van der Waals surface area contributed by atoms with Gasteiger partial charge in [-0.05, 0) is 18.4 Å². The molecule has 0 radical (unpaired) electrons. The predicted octanol–water partition coefficient (Wildman–Crippen LogP) is 3.14. The second-order valence-corrected chi connectivity index (χ2v) is 4.12. The van der Waals surface area contributed by atoms with Gasteiger partial charge in [-0.15, -0.1) is 0 Å². The Morgan fingerprint density at radius 2 is 1.94 bits per heavy atom. The molecule has 0 spiro atoms. The van der Waals surface area contributed by atoms with E-state index in [1.54, 1.807) is 0 Å². The lowest BCUT2D eigenvalue weighted by atomic mass is 10.1. The lowest BCUT2D eigenvalue weighted by Gasteiger charge is -2.10. The summed E-state index contributed by atoms with van der Waals surface area (Å²) in [6, 6.07) is 10.1. The van der Waals surface area contributed by atoms with Crippen LogP contribution in [0.2, 0.25) is 0 Å². The number of aliphatic hydroxyl groups excluding tert-OH is 1. The summed E-state index contributed by atoms with van der Waals surface area (Å²) in [6.07, 6.45) is 3.68. The third-order valence-electron chi connectivity index (χ3n) is 2.60. The van der Waals surface area contributed by atoms with E-state index >= 15 is 0 Å². The molecule has 0 aromatic heterocycles. The summed E-state index contributed by atoms with van der Waals surface area (Å²) >= 11 is 0. The van der Waals surface area contributed by atoms with Crippen LogP contribution >= 0.6 is 0 Å². The van der Waals surface area contributed by atoms with Crippen LogP contribution in [0.4, 0.5) is 0 Å². The lowest BCUT2D eigenvalue weighted by Crippen LogP contribution is -2.10. The number of benzene rings is 1. The highest BCUT2D eigenvalue weighted by atomic mass is 16.5. The number of hydrogen-bond acceptors (Lipinski definition) is 2. The Kier molecular flexibility index (Phi) is 6.86. The highest BCUT2D eigenvalue weighted by Crippen LogP contribution is 2.06. The molecule has 1 N–H and O–H groups in total. The maximum Gasteiger partial charge on any atom is 0.0716 e. The molecule has 0 bridgehead atoms. The van der Waals surface area contributed by atoms with Crippen molar-refractivity contribution in [1.82, 2.24) is 0 Å². The van der Waals surface area contributed by atoms with Crippen LogP contribution in [-0.2, 0) is 11.3 Å². The molecule has 2 nitrogen and oxygen atoms in total. The van der Waals surface area contributed by atoms with Gasteiger partial charge in [0.15, 0.2) is 0 Å². The molecular formula is C14H22O2. The van der Waals surface area contributed by atoms with Crippen molar-refractivity contribution in [3.63, 3.8) is 0 Å². The average Bonchev–Trinajstić information content (AvgIpc) is 2.33. The summed E-state index contributed by atoms with van der Waals surface area (Å²) < 4.78 is 5.51. The van der Waals surface area contributed by atoms with E-state index < -0.39 is 0 Å². The molecule has 0 heterocycles. The number of aliphatic hydroxyl groups is 1. The van der Waals surface area contributed by atoms with Crippen LogP contribution in [0, 0.1) is 0 Å². The predicted molar refractivity (Wildman–Crippen MR) is 66.2 cm³/mol. The van der Waals surface area contributed by atoms with Gasteiger partial charge in [0, 0.05) is 6.61 Å². The SMILES string of the molecule is CCCCC(O)CCOCc1ccccc1. The van der Waals surface area contributed by atoms with E-state index in [-0.39, 0.29) is 6.10 Å². The fourth-order valence-electron chi connectivity index (χ4n) is 1.57. The van der Waals surface area contributed by atoms with Crippen LogP contribution < -0.4 is 0 Å². The van der Waals surface area contributed by atoms with Crippen LogP contribution in [0.3, 0.4) is 0 Å². The third-order valence-corrected chi connectivity index (χ3v) is 2.60. The smallest absolute Gasteiger partial charge is 0.0716 e. The van der Waals surface area contributed by atoms with Crippen molar-refractivity contribution in [2.45, 2.75) is 45.3 Å². The first-order valence-electron chi connectivity index (χ1n) is 6.12. The molecule has 1 atom stereocenters. The quantitative estimate of drug-likeness (QED) is 0.685. The highest BCUT2D eigenvalue weighted by Gasteiger charge is 2.02. The summed E-state index contributed by atoms with van der Waals surface area (Å²) in [5, 5.41) is 9.60. The van der Waals surface area contributed by atoms with Crippen LogP contribution in [0.25, 0.3) is 0 Å². The molecule has 0 aliphatic rings. The lowest BCUT2D eigenvalue weighted by molar-refractivity contribution is 0.0692. The van der Waals surface area contributed by atoms with E-state index in [1.165, 1.54) is 5.56 Å². The van der Waals surface area contributed by atoms with Crippen LogP contribution in [0.1, 0.15) is 38.2 Å². The molecule has 1 unspecified atom stereocenters. The van der Waals surface area contributed by atoms with Gasteiger partial charge in [0.05, 0.1) is 12.7 Å². The van der Waals surface area contributed by atoms with Gasteiger partial charge in [0.25, 0.3) is 0 Å². The Morgan fingerprint density at radius 1 is 1.19 bits per heavy atom. The molecule has 90 valence electrons. The van der Waals surface area contributed by atoms with Crippen LogP contribution in [0.5, 0.6) is 0 Å². The Labute approximate surface area is 98.3 Å². The minimum absolute atomic E-state index is 0.198. The van der Waals surface area contributed by atoms with Gasteiger partial charge in [0.2, 0.25) is 0 Å². The molecule has 0 amide bonds. The van der Waals surface area contributed by atoms with Gasteiger partial charge in [-0.25, -0.2) is 0 Å². The zero-order valence-electron chi connectivity index (χ0n) is 10.1. The number of hydrogen-bond donors (Lipinski definition) is 1. The number of rotatable bonds is 8. The first kappa shape index (κ1) is 13.2. The van der Waals surface area contributed by atoms with Gasteiger partial charge >= 0.3 is 0 Å². The first-order chi connectivity index (χ1) is 7.83. The second kappa shape index (κ2) is 8.31. The number of unbranched alkanes of at least 4 members (excludes halogenated alkanes) is 1. The van der Waals surface area contributed by atoms with E-state index in [2.05, 4.69) is 6.92 Å². The van der Waals surface area contributed by atoms with Gasteiger partial charge < -0.3 is 9.84 Å². The second-order valence-electron chi connectivity index (χ2n) is 4.12. The van der Waals surface area contributed by atoms with E-state index in [4.69, 9.17) is 4.74 Å². The zero-order chi connectivity index (χ0) is 11.6. The van der Waals surface area contributed by atoms with Crippen molar-refractivity contribution < 1.29 is 9.84 Å². The first-order valence-corrected chi connectivity index (χ1v) is 6.12. The van der Waals surface area contributed by atoms with E-state index in [0.717, 1.165) is 25.7 Å². The summed E-state index contributed by atoms with van der Waals surface area (Å²) in [6.45, 7) is 3.42. The van der Waals surface area contributed by atoms with Crippen LogP contribution in [-0.4, -0.2) is 17.8 Å². The van der Waals surface area contributed by atoms with Crippen molar-refractivity contribution in [2.24, 2.45) is 0 Å². The maximum absolute atomic E-state index is 9.60. The molecule has 0 fully saturated rings. The monoisotopic (exact) mass is 222 g/mol. The third kappa shape index (κ3) is 5.89. The van der Waals surface area contributed by atoms with Crippen molar-refractivity contribution in [2.75, 3.05) is 6.61 Å². The largest absolute Gasteiger partial charge is 0.393 e. The fraction of sp³-hybridized carbons (Fsp3) is 0.571. The van der Waals surface area contributed by atoms with Crippen LogP contribution in [0.15, 0.2) is 30.3 Å². The van der Waals surface area contributed by atoms with E-state index in [0.29, 0.717) is 13.2 Å². The molecule has 0 saturated carbocycles. The summed E-state index contributed by atoms with van der Waals surface area (Å²) in [5.74, 6) is 0. The molecule has 0 aliphatic carbocycles. The minimum atomic E-state index is -0.198. The van der Waals surface area contributed by atoms with Gasteiger partial charge in [0.1, 0.15) is 0 Å². The average molecular weight is 222 g/mol. The Balaban J connectivity index is 2.03. The van der Waals surface area contributed by atoms with Crippen molar-refractivity contribution in [3.8, 4) is 0 Å². The summed E-state index contributed by atoms with van der Waals surface area (Å²) in [7, 11) is 0. The molecule has 0 saturated heterocycles. The standard InChI is InChI=1S/C14H22O2/c1-2-3-9-14(15)10-11-16-12-13-7-5-4-6-8-13/h4-8,14-15H,2-3,9-12H2,1H3. The summed E-state index contributed by atoms with van der Waals surface area (Å²) in [4.78, 5) is 0. The molecule has 0 aliphatic heterocycles. The zero-order valence-corrected chi connectivity index (χ0v) is 10.1. The Bertz CT molecular complexity index is 259. The summed E-state index contributed by atoms with van der Waals surface area (Å²) in [5.41, 5.74) is 1.19. The highest BCUT2D eigenvalue weighted by molar-refractivity contribution is 5.13. The molecule has 1 aromatic rings. The molecule has 16 heavy (non-hydrogen) atoms. The maximum atomic E-state index is 9.60. The van der Waals surface area contributed by atoms with E-state index in [9.17, 15) is 5.11 Å². The Hall–Kier alpha value is -0.860. The van der Waals surface area contributed by atoms with Crippen molar-refractivity contribution >= 4 is 0 Å². The molecule has 1 aromatic carbocycles. The molecule has 1 rings (SSSR count). The number of ether oxygens (including phenoxy) is 1. The fourth-order valence-corrected chi connectivity index (χ4v) is 1.57. The van der Waals surface area contributed by atoms with Crippen molar-refractivity contribution in [1.29, 1.82) is 0 Å².